The Balaban J connectivity index is 1.34. The van der Waals surface area contributed by atoms with E-state index in [2.05, 4.69) is 42.5 Å². The number of piperazine rings is 1. The normalized spacial score (nSPS) is 24.8. The highest BCUT2D eigenvalue weighted by molar-refractivity contribution is 9.10. The second-order valence-electron chi connectivity index (χ2n) is 5.54. The molecule has 2 aliphatic rings. The van der Waals surface area contributed by atoms with Gasteiger partial charge >= 0.3 is 0 Å². The zero-order valence-corrected chi connectivity index (χ0v) is 13.7. The van der Waals surface area contributed by atoms with E-state index in [1.165, 1.54) is 54.9 Å². The number of hydrogen-bond donors (Lipinski definition) is 1. The maximum atomic E-state index is 3.56. The molecule has 3 nitrogen and oxygen atoms in total. The van der Waals surface area contributed by atoms with Crippen molar-refractivity contribution in [2.24, 2.45) is 0 Å². The van der Waals surface area contributed by atoms with Crippen molar-refractivity contribution < 1.29 is 0 Å². The highest BCUT2D eigenvalue weighted by Gasteiger charge is 2.29. The third-order valence-corrected chi connectivity index (χ3v) is 5.89. The molecule has 0 amide bonds. The van der Waals surface area contributed by atoms with E-state index >= 15 is 0 Å². The van der Waals surface area contributed by atoms with Gasteiger partial charge < -0.3 is 5.32 Å². The van der Waals surface area contributed by atoms with Crippen molar-refractivity contribution in [1.82, 2.24) is 15.1 Å². The van der Waals surface area contributed by atoms with Gasteiger partial charge in [0, 0.05) is 60.0 Å². The van der Waals surface area contributed by atoms with Crippen LogP contribution in [0, 0.1) is 0 Å². The van der Waals surface area contributed by atoms with Gasteiger partial charge in [-0.05, 0) is 41.4 Å². The van der Waals surface area contributed by atoms with Crippen LogP contribution in [0.3, 0.4) is 0 Å². The Hall–Kier alpha value is 0.0600. The lowest BCUT2D eigenvalue weighted by Crippen LogP contribution is -2.51. The van der Waals surface area contributed by atoms with Gasteiger partial charge in [-0.2, -0.15) is 0 Å². The van der Waals surface area contributed by atoms with E-state index in [1.807, 2.05) is 11.3 Å². The molecule has 0 radical (unpaired) electrons. The summed E-state index contributed by atoms with van der Waals surface area (Å²) in [4.78, 5) is 6.71. The van der Waals surface area contributed by atoms with Gasteiger partial charge in [0.25, 0.3) is 0 Å². The summed E-state index contributed by atoms with van der Waals surface area (Å²) in [6, 6.07) is 3.05. The van der Waals surface area contributed by atoms with Crippen LogP contribution in [-0.4, -0.2) is 55.1 Å². The Labute approximate surface area is 128 Å². The summed E-state index contributed by atoms with van der Waals surface area (Å²) in [5.74, 6) is 0. The largest absolute Gasteiger partial charge is 0.311 e. The number of hydrogen-bond acceptors (Lipinski definition) is 4. The molecule has 3 heterocycles. The van der Waals surface area contributed by atoms with Crippen LogP contribution in [0.1, 0.15) is 17.7 Å². The fourth-order valence-corrected chi connectivity index (χ4v) is 4.57. The molecule has 0 aliphatic carbocycles. The molecule has 0 bridgehead atoms. The molecule has 1 aromatic rings. The van der Waals surface area contributed by atoms with Crippen LogP contribution in [0.4, 0.5) is 0 Å². The first kappa shape index (κ1) is 14.0. The molecule has 2 saturated heterocycles. The van der Waals surface area contributed by atoms with Gasteiger partial charge in [0.15, 0.2) is 0 Å². The van der Waals surface area contributed by atoms with Gasteiger partial charge in [-0.15, -0.1) is 11.3 Å². The molecule has 1 unspecified atom stereocenters. The summed E-state index contributed by atoms with van der Waals surface area (Å²) in [7, 11) is 0. The summed E-state index contributed by atoms with van der Waals surface area (Å²) in [6.07, 6.45) is 2.82. The molecule has 2 fully saturated rings. The third kappa shape index (κ3) is 3.79. The molecule has 19 heavy (non-hydrogen) atoms. The van der Waals surface area contributed by atoms with Crippen molar-refractivity contribution in [1.29, 1.82) is 0 Å². The van der Waals surface area contributed by atoms with Gasteiger partial charge in [-0.1, -0.05) is 0 Å². The smallest absolute Gasteiger partial charge is 0.0300 e. The van der Waals surface area contributed by atoms with E-state index in [1.54, 1.807) is 0 Å². The Morgan fingerprint density at radius 1 is 1.37 bits per heavy atom. The first-order chi connectivity index (χ1) is 9.31. The van der Waals surface area contributed by atoms with E-state index in [-0.39, 0.29) is 0 Å². The maximum Gasteiger partial charge on any atom is 0.0300 e. The van der Waals surface area contributed by atoms with Crippen LogP contribution in [-0.2, 0) is 6.54 Å². The molecule has 1 aromatic heterocycles. The van der Waals surface area contributed by atoms with Crippen molar-refractivity contribution in [3.8, 4) is 0 Å². The monoisotopic (exact) mass is 343 g/mol. The summed E-state index contributed by atoms with van der Waals surface area (Å²) >= 11 is 5.32. The zero-order valence-electron chi connectivity index (χ0n) is 11.3. The molecule has 5 heteroatoms. The lowest BCUT2D eigenvalue weighted by Gasteiger charge is -2.37. The quantitative estimate of drug-likeness (QED) is 0.828. The van der Waals surface area contributed by atoms with Crippen LogP contribution >= 0.6 is 27.3 Å². The van der Waals surface area contributed by atoms with Gasteiger partial charge in [0.1, 0.15) is 0 Å². The van der Waals surface area contributed by atoms with Crippen LogP contribution in [0.5, 0.6) is 0 Å². The maximum absolute atomic E-state index is 3.56. The first-order valence-electron chi connectivity index (χ1n) is 7.21. The Morgan fingerprint density at radius 3 is 3.16 bits per heavy atom. The third-order valence-electron chi connectivity index (χ3n) is 4.20. The van der Waals surface area contributed by atoms with Gasteiger partial charge in [-0.25, -0.2) is 0 Å². The molecule has 0 aromatic carbocycles. The van der Waals surface area contributed by atoms with E-state index < -0.39 is 0 Å². The minimum Gasteiger partial charge on any atom is -0.311 e. The van der Waals surface area contributed by atoms with E-state index in [0.717, 1.165) is 19.1 Å². The summed E-state index contributed by atoms with van der Waals surface area (Å²) in [5, 5.41) is 5.71. The Kier molecular flexibility index (Phi) is 4.92. The molecular formula is C14H22BrN3S. The second kappa shape index (κ2) is 6.68. The Morgan fingerprint density at radius 2 is 2.32 bits per heavy atom. The standard InChI is InChI=1S/C14H22BrN3S/c15-12-8-14(19-11-12)9-16-3-5-17-6-7-18-4-1-2-13(18)10-17/h8,11,13,16H,1-7,9-10H2. The van der Waals surface area contributed by atoms with Crippen molar-refractivity contribution >= 4 is 27.3 Å². The Bertz CT molecular complexity index is 409. The zero-order chi connectivity index (χ0) is 13.1. The van der Waals surface area contributed by atoms with Crippen LogP contribution in [0.15, 0.2) is 15.9 Å². The minimum atomic E-state index is 0.849. The molecule has 106 valence electrons. The molecule has 0 saturated carbocycles. The van der Waals surface area contributed by atoms with E-state index in [0.29, 0.717) is 0 Å². The van der Waals surface area contributed by atoms with Crippen molar-refractivity contribution in [2.75, 3.05) is 39.3 Å². The summed E-state index contributed by atoms with van der Waals surface area (Å²) < 4.78 is 1.20. The first-order valence-corrected chi connectivity index (χ1v) is 8.88. The lowest BCUT2D eigenvalue weighted by atomic mass is 10.1. The minimum absolute atomic E-state index is 0.849. The number of nitrogens with zero attached hydrogens (tertiary/aromatic N) is 2. The van der Waals surface area contributed by atoms with Crippen LogP contribution in [0.25, 0.3) is 0 Å². The van der Waals surface area contributed by atoms with E-state index in [9.17, 15) is 0 Å². The number of halogens is 1. The van der Waals surface area contributed by atoms with Crippen molar-refractivity contribution in [3.05, 3.63) is 20.8 Å². The SMILES string of the molecule is Brc1csc(CNCCN2CCN3CCCC3C2)c1. The average molecular weight is 344 g/mol. The summed E-state index contributed by atoms with van der Waals surface area (Å²) in [5.41, 5.74) is 0. The molecule has 3 rings (SSSR count). The van der Waals surface area contributed by atoms with Crippen molar-refractivity contribution in [3.63, 3.8) is 0 Å². The number of thiophene rings is 1. The highest BCUT2D eigenvalue weighted by Crippen LogP contribution is 2.21. The van der Waals surface area contributed by atoms with E-state index in [4.69, 9.17) is 0 Å². The average Bonchev–Trinajstić information content (AvgIpc) is 3.03. The molecule has 1 atom stereocenters. The lowest BCUT2D eigenvalue weighted by molar-refractivity contribution is 0.105. The topological polar surface area (TPSA) is 18.5 Å². The molecule has 2 aliphatic heterocycles. The number of rotatable bonds is 5. The molecule has 1 N–H and O–H groups in total. The van der Waals surface area contributed by atoms with Crippen LogP contribution < -0.4 is 5.32 Å². The number of fused-ring (bicyclic) bond motifs is 1. The fourth-order valence-electron chi connectivity index (χ4n) is 3.15. The number of nitrogens with one attached hydrogen (secondary N) is 1. The highest BCUT2D eigenvalue weighted by atomic mass is 79.9. The predicted octanol–water partition coefficient (Wildman–Crippen LogP) is 2.38. The van der Waals surface area contributed by atoms with Gasteiger partial charge in [-0.3, -0.25) is 9.80 Å². The summed E-state index contributed by atoms with van der Waals surface area (Å²) in [6.45, 7) is 8.44. The van der Waals surface area contributed by atoms with Crippen LogP contribution in [0.2, 0.25) is 0 Å². The van der Waals surface area contributed by atoms with Gasteiger partial charge in [0.05, 0.1) is 0 Å². The van der Waals surface area contributed by atoms with Gasteiger partial charge in [0.2, 0.25) is 0 Å². The molecule has 0 spiro atoms. The fraction of sp³-hybridized carbons (Fsp3) is 0.714. The molecular weight excluding hydrogens is 322 g/mol. The predicted molar refractivity (Wildman–Crippen MR) is 84.8 cm³/mol. The van der Waals surface area contributed by atoms with Crippen molar-refractivity contribution in [2.45, 2.75) is 25.4 Å². The second-order valence-corrected chi connectivity index (χ2v) is 7.45.